The van der Waals surface area contributed by atoms with Crippen LogP contribution in [0.15, 0.2) is 11.6 Å². The molecule has 3 fully saturated rings. The molecule has 2 bridgehead atoms. The van der Waals surface area contributed by atoms with Gasteiger partial charge >= 0.3 is 11.9 Å². The number of rotatable bonds is 3. The van der Waals surface area contributed by atoms with E-state index < -0.39 is 11.2 Å². The summed E-state index contributed by atoms with van der Waals surface area (Å²) in [5.74, 6) is -0.281. The molecule has 6 nitrogen and oxygen atoms in total. The lowest BCUT2D eigenvalue weighted by atomic mass is 9.58. The summed E-state index contributed by atoms with van der Waals surface area (Å²) < 4.78 is 24.8. The summed E-state index contributed by atoms with van der Waals surface area (Å²) in [4.78, 5) is 24.0. The first kappa shape index (κ1) is 21.8. The average molecular weight is 421 g/mol. The van der Waals surface area contributed by atoms with Crippen LogP contribution in [-0.4, -0.2) is 47.1 Å². The van der Waals surface area contributed by atoms with Gasteiger partial charge in [0.2, 0.25) is 0 Å². The topological polar surface area (TPSA) is 74.4 Å². The summed E-state index contributed by atoms with van der Waals surface area (Å²) >= 11 is 0. The molecule has 4 rings (SSSR count). The summed E-state index contributed by atoms with van der Waals surface area (Å²) in [6, 6.07) is 0. The highest BCUT2D eigenvalue weighted by atomic mass is 16.6. The van der Waals surface area contributed by atoms with E-state index in [1.165, 1.54) is 19.4 Å². The fourth-order valence-electron chi connectivity index (χ4n) is 6.75. The van der Waals surface area contributed by atoms with Crippen LogP contribution in [0.4, 0.5) is 0 Å². The van der Waals surface area contributed by atoms with E-state index in [2.05, 4.69) is 19.9 Å². The van der Waals surface area contributed by atoms with Crippen molar-refractivity contribution in [1.82, 2.24) is 0 Å². The van der Waals surface area contributed by atoms with Gasteiger partial charge in [-0.25, -0.2) is 0 Å². The molecule has 30 heavy (non-hydrogen) atoms. The van der Waals surface area contributed by atoms with Gasteiger partial charge in [-0.05, 0) is 60.3 Å². The average Bonchev–Trinajstić information content (AvgIpc) is 3.08. The van der Waals surface area contributed by atoms with Crippen LogP contribution in [0.5, 0.6) is 0 Å². The maximum atomic E-state index is 12.1. The first-order valence-electron chi connectivity index (χ1n) is 11.3. The van der Waals surface area contributed by atoms with Crippen LogP contribution in [0.25, 0.3) is 0 Å². The molecule has 0 amide bonds. The van der Waals surface area contributed by atoms with Crippen LogP contribution >= 0.6 is 0 Å². The lowest BCUT2D eigenvalue weighted by Crippen LogP contribution is -2.56. The number of hydrogen-bond acceptors (Lipinski definition) is 6. The predicted octanol–water partition coefficient (Wildman–Crippen LogP) is 3.96. The number of esters is 2. The zero-order chi connectivity index (χ0) is 22.1. The molecule has 8 atom stereocenters. The number of epoxide rings is 1. The Morgan fingerprint density at radius 2 is 1.90 bits per heavy atom. The summed E-state index contributed by atoms with van der Waals surface area (Å²) in [5, 5.41) is 0. The molecule has 2 saturated heterocycles. The SMILES string of the molecule is CC(=O)OC(C)(C)[C@H]1C[C@H]2O[C@@]2(C)[C@H]2[C@@H]1[C@H]1O[C@@H]2C/C(C)=C/CC[C@@]1(C)OC(C)=O. The lowest BCUT2D eigenvalue weighted by molar-refractivity contribution is -0.184. The summed E-state index contributed by atoms with van der Waals surface area (Å²) in [5.41, 5.74) is -0.338. The van der Waals surface area contributed by atoms with E-state index in [1.807, 2.05) is 20.8 Å². The molecule has 3 heterocycles. The standard InChI is InChI=1S/C24H36O6/c1-13-9-8-10-23(6,29-15(3)26)21-19-16(22(4,5)28-14(2)25)12-18-24(7,30-18)20(19)17(11-13)27-21/h9,16-21H,8,10-12H2,1-7H3/b13-9+/t16-,17+,18+,19+,20+,21+,23+,24+/m0/s1. The van der Waals surface area contributed by atoms with Crippen molar-refractivity contribution in [3.05, 3.63) is 11.6 Å². The Morgan fingerprint density at radius 3 is 2.53 bits per heavy atom. The van der Waals surface area contributed by atoms with Crippen molar-refractivity contribution < 1.29 is 28.5 Å². The van der Waals surface area contributed by atoms with Crippen molar-refractivity contribution in [2.24, 2.45) is 17.8 Å². The van der Waals surface area contributed by atoms with Crippen molar-refractivity contribution in [2.45, 2.75) is 109 Å². The van der Waals surface area contributed by atoms with Gasteiger partial charge in [0.05, 0.1) is 17.8 Å². The third-order valence-electron chi connectivity index (χ3n) is 7.99. The Kier molecular flexibility index (Phi) is 5.13. The highest BCUT2D eigenvalue weighted by molar-refractivity contribution is 5.67. The van der Waals surface area contributed by atoms with Crippen LogP contribution in [0.2, 0.25) is 0 Å². The van der Waals surface area contributed by atoms with Crippen molar-refractivity contribution in [2.75, 3.05) is 0 Å². The van der Waals surface area contributed by atoms with E-state index in [0.717, 1.165) is 19.3 Å². The molecular formula is C24H36O6. The van der Waals surface area contributed by atoms with Gasteiger partial charge in [0.1, 0.15) is 17.3 Å². The van der Waals surface area contributed by atoms with Crippen molar-refractivity contribution >= 4 is 11.9 Å². The van der Waals surface area contributed by atoms with E-state index >= 15 is 0 Å². The molecule has 0 radical (unpaired) electrons. The van der Waals surface area contributed by atoms with Crippen LogP contribution < -0.4 is 0 Å². The second kappa shape index (κ2) is 7.06. The number of carbonyl (C=O) groups is 2. The van der Waals surface area contributed by atoms with Gasteiger partial charge < -0.3 is 18.9 Å². The van der Waals surface area contributed by atoms with Gasteiger partial charge in [0.15, 0.2) is 0 Å². The molecule has 168 valence electrons. The third-order valence-corrected chi connectivity index (χ3v) is 7.99. The van der Waals surface area contributed by atoms with Crippen LogP contribution in [0, 0.1) is 17.8 Å². The minimum atomic E-state index is -0.743. The van der Waals surface area contributed by atoms with Gasteiger partial charge in [-0.3, -0.25) is 9.59 Å². The van der Waals surface area contributed by atoms with E-state index in [1.54, 1.807) is 0 Å². The zero-order valence-corrected chi connectivity index (χ0v) is 19.3. The molecule has 3 aliphatic heterocycles. The smallest absolute Gasteiger partial charge is 0.303 e. The van der Waals surface area contributed by atoms with E-state index in [4.69, 9.17) is 18.9 Å². The minimum Gasteiger partial charge on any atom is -0.460 e. The van der Waals surface area contributed by atoms with E-state index in [9.17, 15) is 9.59 Å². The molecule has 0 aromatic rings. The monoisotopic (exact) mass is 420 g/mol. The highest BCUT2D eigenvalue weighted by Crippen LogP contribution is 2.64. The fraction of sp³-hybridized carbons (Fsp3) is 0.833. The van der Waals surface area contributed by atoms with E-state index in [-0.39, 0.29) is 53.6 Å². The largest absolute Gasteiger partial charge is 0.460 e. The number of allylic oxidation sites excluding steroid dienone is 1. The molecule has 0 spiro atoms. The number of carbonyl (C=O) groups excluding carboxylic acids is 2. The normalized spacial score (nSPS) is 46.8. The van der Waals surface area contributed by atoms with Gasteiger partial charge in [0.25, 0.3) is 0 Å². The number of fused-ring (bicyclic) bond motifs is 7. The van der Waals surface area contributed by atoms with E-state index in [0.29, 0.717) is 6.42 Å². The Labute approximate surface area is 179 Å². The zero-order valence-electron chi connectivity index (χ0n) is 19.3. The molecule has 0 N–H and O–H groups in total. The molecular weight excluding hydrogens is 384 g/mol. The quantitative estimate of drug-likeness (QED) is 0.391. The predicted molar refractivity (Wildman–Crippen MR) is 111 cm³/mol. The third kappa shape index (κ3) is 3.50. The molecule has 0 aromatic carbocycles. The molecule has 0 unspecified atom stereocenters. The number of ether oxygens (including phenoxy) is 4. The minimum absolute atomic E-state index is 0.00448. The Bertz CT molecular complexity index is 772. The van der Waals surface area contributed by atoms with Crippen molar-refractivity contribution in [3.8, 4) is 0 Å². The molecule has 1 saturated carbocycles. The molecule has 4 aliphatic rings. The second-order valence-corrected chi connectivity index (χ2v) is 10.7. The lowest BCUT2D eigenvalue weighted by Gasteiger charge is -2.47. The van der Waals surface area contributed by atoms with Crippen LogP contribution in [0.3, 0.4) is 0 Å². The number of hydrogen-bond donors (Lipinski definition) is 0. The maximum Gasteiger partial charge on any atom is 0.303 e. The van der Waals surface area contributed by atoms with Crippen LogP contribution in [0.1, 0.15) is 74.1 Å². The Balaban J connectivity index is 1.80. The maximum absolute atomic E-state index is 12.1. The fourth-order valence-corrected chi connectivity index (χ4v) is 6.75. The second-order valence-electron chi connectivity index (χ2n) is 10.7. The Morgan fingerprint density at radius 1 is 1.20 bits per heavy atom. The van der Waals surface area contributed by atoms with Crippen molar-refractivity contribution in [1.29, 1.82) is 0 Å². The first-order valence-corrected chi connectivity index (χ1v) is 11.3. The Hall–Kier alpha value is -1.40. The van der Waals surface area contributed by atoms with Gasteiger partial charge in [-0.2, -0.15) is 0 Å². The highest BCUT2D eigenvalue weighted by Gasteiger charge is 2.73. The summed E-state index contributed by atoms with van der Waals surface area (Å²) in [7, 11) is 0. The molecule has 1 aliphatic carbocycles. The molecule has 0 aromatic heterocycles. The summed E-state index contributed by atoms with van der Waals surface area (Å²) in [6.07, 6.45) is 5.33. The van der Waals surface area contributed by atoms with Gasteiger partial charge in [-0.15, -0.1) is 0 Å². The van der Waals surface area contributed by atoms with Gasteiger partial charge in [-0.1, -0.05) is 11.6 Å². The summed E-state index contributed by atoms with van der Waals surface area (Å²) in [6.45, 7) is 13.3. The van der Waals surface area contributed by atoms with Crippen molar-refractivity contribution in [3.63, 3.8) is 0 Å². The molecule has 6 heteroatoms. The van der Waals surface area contributed by atoms with Gasteiger partial charge in [0, 0.05) is 31.6 Å². The first-order chi connectivity index (χ1) is 13.9. The van der Waals surface area contributed by atoms with Crippen LogP contribution in [-0.2, 0) is 28.5 Å².